The van der Waals surface area contributed by atoms with Crippen molar-refractivity contribution >= 4 is 11.0 Å². The first kappa shape index (κ1) is 16.2. The van der Waals surface area contributed by atoms with Crippen LogP contribution in [-0.2, 0) is 13.1 Å². The zero-order valence-corrected chi connectivity index (χ0v) is 14.8. The third kappa shape index (κ3) is 2.79. The van der Waals surface area contributed by atoms with Crippen LogP contribution in [0.2, 0.25) is 0 Å². The van der Waals surface area contributed by atoms with Crippen LogP contribution in [0.25, 0.3) is 11.0 Å². The van der Waals surface area contributed by atoms with Gasteiger partial charge in [-0.25, -0.2) is 4.98 Å². The van der Waals surface area contributed by atoms with Crippen LogP contribution >= 0.6 is 0 Å². The fraction of sp³-hybridized carbons (Fsp3) is 0.200. The summed E-state index contributed by atoms with van der Waals surface area (Å²) in [5.74, 6) is 0. The van der Waals surface area contributed by atoms with Gasteiger partial charge in [-0.15, -0.1) is 0 Å². The number of hydrogen-bond acceptors (Lipinski definition) is 4. The van der Waals surface area contributed by atoms with E-state index in [0.29, 0.717) is 12.0 Å². The van der Waals surface area contributed by atoms with Gasteiger partial charge >= 0.3 is 0 Å². The topological polar surface area (TPSA) is 72.4 Å². The van der Waals surface area contributed by atoms with Gasteiger partial charge in [0.25, 0.3) is 0 Å². The second-order valence-electron chi connectivity index (χ2n) is 6.43. The molecule has 0 aromatic carbocycles. The maximum absolute atomic E-state index is 8.70. The van der Waals surface area contributed by atoms with E-state index in [1.165, 1.54) is 5.56 Å². The molecule has 0 bridgehead atoms. The molecule has 26 heavy (non-hydrogen) atoms. The highest BCUT2D eigenvalue weighted by Crippen LogP contribution is 2.21. The van der Waals surface area contributed by atoms with E-state index in [1.54, 1.807) is 31.1 Å². The zero-order chi connectivity index (χ0) is 18.1. The van der Waals surface area contributed by atoms with E-state index in [1.807, 2.05) is 28.8 Å². The molecule has 0 saturated carbocycles. The van der Waals surface area contributed by atoms with Crippen molar-refractivity contribution in [2.45, 2.75) is 26.9 Å². The molecule has 4 aromatic heterocycles. The van der Waals surface area contributed by atoms with E-state index in [0.717, 1.165) is 34.4 Å². The van der Waals surface area contributed by atoms with E-state index < -0.39 is 0 Å². The lowest BCUT2D eigenvalue weighted by molar-refractivity contribution is 0.715. The van der Waals surface area contributed by atoms with Crippen LogP contribution < -0.4 is 5.49 Å². The highest BCUT2D eigenvalue weighted by Gasteiger charge is 2.15. The zero-order valence-electron chi connectivity index (χ0n) is 14.8. The SMILES string of the molecule is Cc1c(C)n(Cc2ccncc2)c2ncn(Cc3ccncc3)c(=N)c12. The summed E-state index contributed by atoms with van der Waals surface area (Å²) in [5.41, 5.74) is 5.86. The molecule has 0 aliphatic carbocycles. The molecule has 0 spiro atoms. The van der Waals surface area contributed by atoms with E-state index in [9.17, 15) is 0 Å². The second-order valence-corrected chi connectivity index (χ2v) is 6.43. The number of pyridine rings is 2. The average molecular weight is 344 g/mol. The first-order valence-corrected chi connectivity index (χ1v) is 8.52. The van der Waals surface area contributed by atoms with Crippen LogP contribution in [0, 0.1) is 19.3 Å². The first-order valence-electron chi connectivity index (χ1n) is 8.52. The number of rotatable bonds is 4. The number of aryl methyl sites for hydroxylation is 1. The van der Waals surface area contributed by atoms with Crippen LogP contribution in [0.4, 0.5) is 0 Å². The van der Waals surface area contributed by atoms with Crippen molar-refractivity contribution in [2.75, 3.05) is 0 Å². The predicted octanol–water partition coefficient (Wildman–Crippen LogP) is 2.82. The summed E-state index contributed by atoms with van der Waals surface area (Å²) in [4.78, 5) is 12.8. The molecule has 0 saturated heterocycles. The Bertz CT molecular complexity index is 1110. The normalized spacial score (nSPS) is 11.2. The molecule has 0 unspecified atom stereocenters. The minimum Gasteiger partial charge on any atom is -0.325 e. The Balaban J connectivity index is 1.81. The third-order valence-corrected chi connectivity index (χ3v) is 4.84. The molecule has 6 nitrogen and oxygen atoms in total. The fourth-order valence-electron chi connectivity index (χ4n) is 3.26. The van der Waals surface area contributed by atoms with Gasteiger partial charge in [-0.3, -0.25) is 15.4 Å². The number of nitrogens with zero attached hydrogens (tertiary/aromatic N) is 5. The number of nitrogens with one attached hydrogen (secondary N) is 1. The lowest BCUT2D eigenvalue weighted by Gasteiger charge is -2.09. The Morgan fingerprint density at radius 3 is 2.08 bits per heavy atom. The van der Waals surface area contributed by atoms with Gasteiger partial charge in [-0.2, -0.15) is 0 Å². The van der Waals surface area contributed by atoms with Gasteiger partial charge in [0.15, 0.2) is 0 Å². The average Bonchev–Trinajstić information content (AvgIpc) is 2.91. The maximum Gasteiger partial charge on any atom is 0.146 e. The summed E-state index contributed by atoms with van der Waals surface area (Å²) in [7, 11) is 0. The summed E-state index contributed by atoms with van der Waals surface area (Å²) in [6.45, 7) is 5.49. The van der Waals surface area contributed by atoms with E-state index >= 15 is 0 Å². The van der Waals surface area contributed by atoms with Crippen molar-refractivity contribution in [3.05, 3.63) is 83.3 Å². The molecule has 0 fully saturated rings. The Kier molecular flexibility index (Phi) is 4.08. The Morgan fingerprint density at radius 1 is 0.885 bits per heavy atom. The van der Waals surface area contributed by atoms with Crippen molar-refractivity contribution in [2.24, 2.45) is 0 Å². The van der Waals surface area contributed by atoms with E-state index in [4.69, 9.17) is 10.4 Å². The molecule has 4 aromatic rings. The highest BCUT2D eigenvalue weighted by atomic mass is 15.1. The van der Waals surface area contributed by atoms with Gasteiger partial charge in [0.2, 0.25) is 0 Å². The Morgan fingerprint density at radius 2 is 1.46 bits per heavy atom. The summed E-state index contributed by atoms with van der Waals surface area (Å²) in [6.07, 6.45) is 8.90. The Labute approximate surface area is 151 Å². The smallest absolute Gasteiger partial charge is 0.146 e. The van der Waals surface area contributed by atoms with Crippen LogP contribution in [0.1, 0.15) is 22.4 Å². The predicted molar refractivity (Wildman–Crippen MR) is 99.7 cm³/mol. The molecule has 0 aliphatic rings. The van der Waals surface area contributed by atoms with Crippen molar-refractivity contribution in [1.29, 1.82) is 5.41 Å². The first-order chi connectivity index (χ1) is 12.6. The number of hydrogen-bond donors (Lipinski definition) is 1. The van der Waals surface area contributed by atoms with E-state index in [-0.39, 0.29) is 0 Å². The van der Waals surface area contributed by atoms with E-state index in [2.05, 4.69) is 28.4 Å². The lowest BCUT2D eigenvalue weighted by atomic mass is 10.2. The van der Waals surface area contributed by atoms with Crippen molar-refractivity contribution in [3.63, 3.8) is 0 Å². The lowest BCUT2D eigenvalue weighted by Crippen LogP contribution is -2.22. The largest absolute Gasteiger partial charge is 0.325 e. The van der Waals surface area contributed by atoms with Gasteiger partial charge in [0.1, 0.15) is 11.1 Å². The minimum atomic E-state index is 0.487. The van der Waals surface area contributed by atoms with Crippen molar-refractivity contribution in [1.82, 2.24) is 24.1 Å². The molecule has 0 radical (unpaired) electrons. The molecule has 4 rings (SSSR count). The molecule has 0 aliphatic heterocycles. The summed E-state index contributed by atoms with van der Waals surface area (Å²) < 4.78 is 4.05. The molecule has 4 heterocycles. The third-order valence-electron chi connectivity index (χ3n) is 4.84. The molecular formula is C20H20N6. The van der Waals surface area contributed by atoms with Crippen molar-refractivity contribution < 1.29 is 0 Å². The monoisotopic (exact) mass is 344 g/mol. The van der Waals surface area contributed by atoms with Gasteiger partial charge in [-0.05, 0) is 54.8 Å². The van der Waals surface area contributed by atoms with Crippen LogP contribution in [-0.4, -0.2) is 24.1 Å². The fourth-order valence-corrected chi connectivity index (χ4v) is 3.26. The van der Waals surface area contributed by atoms with Gasteiger partial charge in [0.05, 0.1) is 18.3 Å². The molecule has 6 heteroatoms. The minimum absolute atomic E-state index is 0.487. The molecule has 0 atom stereocenters. The molecule has 0 amide bonds. The van der Waals surface area contributed by atoms with Crippen LogP contribution in [0.15, 0.2) is 55.4 Å². The Hall–Kier alpha value is -3.28. The summed E-state index contributed by atoms with van der Waals surface area (Å²) in [6, 6.07) is 7.94. The van der Waals surface area contributed by atoms with Gasteiger partial charge in [-0.1, -0.05) is 0 Å². The quantitative estimate of drug-likeness (QED) is 0.619. The number of fused-ring (bicyclic) bond motifs is 1. The standard InChI is InChI=1S/C20H20N6/c1-14-15(2)26(12-17-5-9-23-10-6-17)20-18(14)19(21)25(13-24-20)11-16-3-7-22-8-4-16/h3-10,13,21H,11-12H2,1-2H3. The maximum atomic E-state index is 8.70. The molecular weight excluding hydrogens is 324 g/mol. The second kappa shape index (κ2) is 6.55. The van der Waals surface area contributed by atoms with Gasteiger partial charge < -0.3 is 9.13 Å². The molecule has 130 valence electrons. The van der Waals surface area contributed by atoms with Crippen LogP contribution in [0.5, 0.6) is 0 Å². The molecule has 1 N–H and O–H groups in total. The number of aromatic nitrogens is 5. The van der Waals surface area contributed by atoms with Crippen molar-refractivity contribution in [3.8, 4) is 0 Å². The summed E-state index contributed by atoms with van der Waals surface area (Å²) in [5, 5.41) is 9.61. The van der Waals surface area contributed by atoms with Gasteiger partial charge in [0, 0.05) is 37.0 Å². The highest BCUT2D eigenvalue weighted by molar-refractivity contribution is 5.80. The van der Waals surface area contributed by atoms with Crippen LogP contribution in [0.3, 0.4) is 0 Å². The summed E-state index contributed by atoms with van der Waals surface area (Å²) >= 11 is 0.